The van der Waals surface area contributed by atoms with Crippen molar-refractivity contribution in [3.63, 3.8) is 0 Å². The Bertz CT molecular complexity index is 1360. The topological polar surface area (TPSA) is 282 Å². The molecule has 0 saturated carbocycles. The molecule has 2 rings (SSSR count). The van der Waals surface area contributed by atoms with Crippen molar-refractivity contribution in [2.24, 2.45) is 28.1 Å². The summed E-state index contributed by atoms with van der Waals surface area (Å²) in [6, 6.07) is 1.06. The summed E-state index contributed by atoms with van der Waals surface area (Å²) in [5.41, 5.74) is 16.8. The van der Waals surface area contributed by atoms with E-state index in [0.29, 0.717) is 5.56 Å². The molecule has 264 valence electrons. The zero-order valence-electron chi connectivity index (χ0n) is 27.2. The Hall–Kier alpha value is -4.87. The number of amides is 7. The predicted octanol–water partition coefficient (Wildman–Crippen LogP) is -3.31. The average molecular weight is 691 g/mol. The van der Waals surface area contributed by atoms with Crippen molar-refractivity contribution in [3.8, 4) is 0 Å². The van der Waals surface area contributed by atoms with Crippen LogP contribution < -0.4 is 49.1 Å². The van der Waals surface area contributed by atoms with Crippen LogP contribution in [-0.2, 0) is 40.0 Å². The van der Waals surface area contributed by atoms with Crippen molar-refractivity contribution in [2.45, 2.75) is 82.7 Å². The van der Waals surface area contributed by atoms with E-state index in [1.54, 1.807) is 44.2 Å². The van der Waals surface area contributed by atoms with Gasteiger partial charge in [-0.3, -0.25) is 38.6 Å². The second-order valence-electron chi connectivity index (χ2n) is 11.7. The number of hydrogen-bond donors (Lipinski definition) is 10. The van der Waals surface area contributed by atoms with Gasteiger partial charge in [0, 0.05) is 18.7 Å². The van der Waals surface area contributed by atoms with Crippen LogP contribution in [0.15, 0.2) is 35.3 Å². The zero-order valence-corrected chi connectivity index (χ0v) is 28.0. The monoisotopic (exact) mass is 690 g/mol. The number of guanidine groups is 1. The van der Waals surface area contributed by atoms with Crippen LogP contribution in [0.25, 0.3) is 0 Å². The lowest BCUT2D eigenvalue weighted by Crippen LogP contribution is -2.62. The molecular formula is C30H46N10O7S. The lowest BCUT2D eigenvalue weighted by atomic mass is 10.0. The fourth-order valence-corrected chi connectivity index (χ4v) is 4.96. The van der Waals surface area contributed by atoms with Crippen LogP contribution in [0.2, 0.25) is 0 Å². The minimum atomic E-state index is -1.51. The van der Waals surface area contributed by atoms with Crippen molar-refractivity contribution in [2.75, 3.05) is 12.3 Å². The van der Waals surface area contributed by atoms with Gasteiger partial charge >= 0.3 is 0 Å². The van der Waals surface area contributed by atoms with Crippen LogP contribution >= 0.6 is 12.6 Å². The summed E-state index contributed by atoms with van der Waals surface area (Å²) >= 11 is 4.18. The second-order valence-corrected chi connectivity index (χ2v) is 12.1. The number of carbonyl (C=O) groups is 7. The molecule has 0 aliphatic carbocycles. The van der Waals surface area contributed by atoms with E-state index in [4.69, 9.17) is 17.2 Å². The van der Waals surface area contributed by atoms with Gasteiger partial charge in [-0.05, 0) is 31.2 Å². The van der Waals surface area contributed by atoms with Crippen LogP contribution in [0.4, 0.5) is 0 Å². The summed E-state index contributed by atoms with van der Waals surface area (Å²) < 4.78 is 0. The molecule has 1 fully saturated rings. The van der Waals surface area contributed by atoms with Gasteiger partial charge in [-0.1, -0.05) is 44.2 Å². The highest BCUT2D eigenvalue weighted by molar-refractivity contribution is 7.80. The fourth-order valence-electron chi connectivity index (χ4n) is 4.71. The number of primary amides is 1. The molecule has 6 atom stereocenters. The highest BCUT2D eigenvalue weighted by Crippen LogP contribution is 2.09. The van der Waals surface area contributed by atoms with E-state index in [1.807, 2.05) is 0 Å². The van der Waals surface area contributed by atoms with Gasteiger partial charge in [0.15, 0.2) is 5.96 Å². The Balaban J connectivity index is 2.53. The Kier molecular flexibility index (Phi) is 15.6. The first-order chi connectivity index (χ1) is 22.6. The van der Waals surface area contributed by atoms with Gasteiger partial charge in [0.05, 0.1) is 6.42 Å². The smallest absolute Gasteiger partial charge is 0.244 e. The van der Waals surface area contributed by atoms with Crippen LogP contribution in [0.5, 0.6) is 0 Å². The molecule has 1 saturated heterocycles. The molecule has 17 nitrogen and oxygen atoms in total. The predicted molar refractivity (Wildman–Crippen MR) is 180 cm³/mol. The normalized spacial score (nSPS) is 24.9. The minimum absolute atomic E-state index is 0.0182. The molecule has 48 heavy (non-hydrogen) atoms. The summed E-state index contributed by atoms with van der Waals surface area (Å²) in [5.74, 6) is -6.46. The van der Waals surface area contributed by atoms with Crippen LogP contribution in [0.1, 0.15) is 45.6 Å². The van der Waals surface area contributed by atoms with Crippen LogP contribution in [0, 0.1) is 5.92 Å². The van der Waals surface area contributed by atoms with Gasteiger partial charge < -0.3 is 49.1 Å². The van der Waals surface area contributed by atoms with Gasteiger partial charge in [-0.25, -0.2) is 0 Å². The van der Waals surface area contributed by atoms with E-state index >= 15 is 0 Å². The zero-order chi connectivity index (χ0) is 36.0. The molecule has 0 radical (unpaired) electrons. The summed E-state index contributed by atoms with van der Waals surface area (Å²) in [4.78, 5) is 96.2. The maximum absolute atomic E-state index is 13.6. The number of rotatable bonds is 10. The van der Waals surface area contributed by atoms with E-state index in [9.17, 15) is 33.6 Å². The van der Waals surface area contributed by atoms with E-state index in [-0.39, 0.29) is 37.5 Å². The molecule has 7 amide bonds. The molecule has 0 unspecified atom stereocenters. The van der Waals surface area contributed by atoms with E-state index in [2.05, 4.69) is 49.5 Å². The third kappa shape index (κ3) is 12.7. The highest BCUT2D eigenvalue weighted by Gasteiger charge is 2.35. The summed E-state index contributed by atoms with van der Waals surface area (Å²) in [5, 5.41) is 15.3. The van der Waals surface area contributed by atoms with Gasteiger partial charge in [0.2, 0.25) is 41.4 Å². The first kappa shape index (κ1) is 39.3. The Labute approximate surface area is 284 Å². The summed E-state index contributed by atoms with van der Waals surface area (Å²) in [7, 11) is 0. The number of nitrogens with zero attached hydrogens (tertiary/aromatic N) is 1. The molecule has 1 aromatic carbocycles. The molecule has 1 aliphatic heterocycles. The Morgan fingerprint density at radius 2 is 1.29 bits per heavy atom. The van der Waals surface area contributed by atoms with Gasteiger partial charge in [-0.2, -0.15) is 12.6 Å². The Morgan fingerprint density at radius 1 is 0.750 bits per heavy atom. The number of benzene rings is 1. The van der Waals surface area contributed by atoms with Gasteiger partial charge in [0.25, 0.3) is 0 Å². The van der Waals surface area contributed by atoms with Crippen LogP contribution in [0.3, 0.4) is 0 Å². The number of aliphatic imine (C=N–C) groups is 1. The maximum Gasteiger partial charge on any atom is 0.244 e. The van der Waals surface area contributed by atoms with Crippen molar-refractivity contribution < 1.29 is 33.6 Å². The standard InChI is InChI=1S/C30H46N10O7S/c1-15(2)23-29(47)39-21(14-48)28(46)36-18(10-7-11-34-30(32)33)25(43)35-16(3)24(42)37-19(12-17-8-5-4-6-9-17)26(44)38-20(13-22(31)41)27(45)40-23/h4-6,8-9,15-16,18-21,23,48H,7,10-14H2,1-3H3,(H2,31,41)(H,35,43)(H,36,46)(H,37,42)(H,38,44)(H,39,47)(H,40,45)(H4,32,33,34)/t16-,18-,19-,20-,21-,23-/m0/s1. The van der Waals surface area contributed by atoms with E-state index in [1.165, 1.54) is 6.92 Å². The number of nitrogens with two attached hydrogens (primary N) is 3. The molecule has 0 bridgehead atoms. The first-order valence-electron chi connectivity index (χ1n) is 15.4. The van der Waals surface area contributed by atoms with Gasteiger partial charge in [-0.15, -0.1) is 0 Å². The molecule has 0 spiro atoms. The molecule has 1 aliphatic rings. The molecule has 1 heterocycles. The Morgan fingerprint density at radius 3 is 1.88 bits per heavy atom. The van der Waals surface area contributed by atoms with E-state index in [0.717, 1.165) is 0 Å². The van der Waals surface area contributed by atoms with Gasteiger partial charge in [0.1, 0.15) is 36.3 Å². The van der Waals surface area contributed by atoms with Crippen molar-refractivity contribution in [3.05, 3.63) is 35.9 Å². The SMILES string of the molecule is CC(C)[C@@H]1NC(=O)[C@H](CC(N)=O)NC(=O)[C@H](Cc2ccccc2)NC(=O)[C@H](C)NC(=O)[C@H](CCCN=C(N)N)NC(=O)[C@H](CS)NC1=O. The average Bonchev–Trinajstić information content (AvgIpc) is 3.02. The number of carbonyl (C=O) groups excluding carboxylic acids is 7. The number of thiol groups is 1. The van der Waals surface area contributed by atoms with Crippen molar-refractivity contribution >= 4 is 59.9 Å². The third-order valence-corrected chi connectivity index (χ3v) is 7.71. The highest BCUT2D eigenvalue weighted by atomic mass is 32.1. The van der Waals surface area contributed by atoms with Crippen molar-refractivity contribution in [1.29, 1.82) is 0 Å². The second kappa shape index (κ2) is 19.1. The maximum atomic E-state index is 13.6. The number of hydrogen-bond acceptors (Lipinski definition) is 9. The molecule has 0 aromatic heterocycles. The third-order valence-electron chi connectivity index (χ3n) is 7.35. The molecule has 18 heteroatoms. The largest absolute Gasteiger partial charge is 0.370 e. The quantitative estimate of drug-likeness (QED) is 0.0508. The fraction of sp³-hybridized carbons (Fsp3) is 0.533. The van der Waals surface area contributed by atoms with E-state index < -0.39 is 89.9 Å². The summed E-state index contributed by atoms with van der Waals surface area (Å²) in [6.45, 7) is 4.80. The van der Waals surface area contributed by atoms with Crippen LogP contribution in [-0.4, -0.2) is 95.9 Å². The lowest BCUT2D eigenvalue weighted by Gasteiger charge is -2.29. The lowest BCUT2D eigenvalue weighted by molar-refractivity contribution is -0.137. The first-order valence-corrected chi connectivity index (χ1v) is 16.1. The summed E-state index contributed by atoms with van der Waals surface area (Å²) in [6.07, 6.45) is -0.312. The number of nitrogens with one attached hydrogen (secondary N) is 6. The molecule has 12 N–H and O–H groups in total. The molecular weight excluding hydrogens is 644 g/mol. The molecule has 1 aromatic rings. The van der Waals surface area contributed by atoms with Crippen molar-refractivity contribution in [1.82, 2.24) is 31.9 Å². The minimum Gasteiger partial charge on any atom is -0.370 e.